The molecule has 0 aliphatic carbocycles. The molecule has 0 spiro atoms. The van der Waals surface area contributed by atoms with Gasteiger partial charge in [-0.2, -0.15) is 0 Å². The number of hydrogen-bond acceptors (Lipinski definition) is 7. The number of thioether (sulfide) groups is 1. The Balaban J connectivity index is 1.53. The van der Waals surface area contributed by atoms with Crippen LogP contribution in [0.25, 0.3) is 10.2 Å². The summed E-state index contributed by atoms with van der Waals surface area (Å²) in [4.78, 5) is 25.7. The van der Waals surface area contributed by atoms with Gasteiger partial charge in [-0.3, -0.25) is 9.69 Å². The number of amides is 1. The van der Waals surface area contributed by atoms with Crippen molar-refractivity contribution in [2.45, 2.75) is 30.5 Å². The van der Waals surface area contributed by atoms with Crippen LogP contribution in [-0.2, 0) is 16.0 Å². The van der Waals surface area contributed by atoms with E-state index in [4.69, 9.17) is 4.74 Å². The molecule has 1 saturated heterocycles. The maximum atomic E-state index is 12.4. The molecular formula is C17H24N4O2S2. The molecule has 0 bridgehead atoms. The van der Waals surface area contributed by atoms with Gasteiger partial charge < -0.3 is 10.1 Å². The summed E-state index contributed by atoms with van der Waals surface area (Å²) >= 11 is 3.20. The number of morpholine rings is 1. The van der Waals surface area contributed by atoms with E-state index in [2.05, 4.69) is 33.2 Å². The van der Waals surface area contributed by atoms with Gasteiger partial charge in [-0.25, -0.2) is 9.97 Å². The number of ether oxygens (including phenoxy) is 1. The molecule has 8 heteroatoms. The fraction of sp³-hybridized carbons (Fsp3) is 0.588. The minimum Gasteiger partial charge on any atom is -0.379 e. The third-order valence-electron chi connectivity index (χ3n) is 4.18. The Morgan fingerprint density at radius 2 is 2.24 bits per heavy atom. The van der Waals surface area contributed by atoms with Gasteiger partial charge in [0.2, 0.25) is 5.91 Å². The molecule has 0 aromatic carbocycles. The van der Waals surface area contributed by atoms with E-state index in [9.17, 15) is 4.79 Å². The first kappa shape index (κ1) is 18.6. The van der Waals surface area contributed by atoms with Crippen molar-refractivity contribution in [2.24, 2.45) is 0 Å². The van der Waals surface area contributed by atoms with Gasteiger partial charge in [0.25, 0.3) is 0 Å². The monoisotopic (exact) mass is 380 g/mol. The van der Waals surface area contributed by atoms with Crippen LogP contribution in [-0.4, -0.2) is 65.4 Å². The summed E-state index contributed by atoms with van der Waals surface area (Å²) in [5.74, 6) is 0.0518. The molecular weight excluding hydrogens is 356 g/mol. The number of nitrogens with one attached hydrogen (secondary N) is 1. The van der Waals surface area contributed by atoms with Gasteiger partial charge in [0.05, 0.1) is 18.5 Å². The minimum absolute atomic E-state index is 0.0518. The van der Waals surface area contributed by atoms with Crippen molar-refractivity contribution >= 4 is 39.2 Å². The lowest BCUT2D eigenvalue weighted by Crippen LogP contribution is -2.42. The molecule has 3 heterocycles. The quantitative estimate of drug-likeness (QED) is 0.587. The van der Waals surface area contributed by atoms with E-state index in [-0.39, 0.29) is 11.2 Å². The fourth-order valence-corrected chi connectivity index (χ4v) is 4.59. The predicted molar refractivity (Wildman–Crippen MR) is 102 cm³/mol. The second-order valence-electron chi connectivity index (χ2n) is 5.97. The summed E-state index contributed by atoms with van der Waals surface area (Å²) in [5.41, 5.74) is 0. The molecule has 0 saturated carbocycles. The molecule has 1 aliphatic heterocycles. The van der Waals surface area contributed by atoms with Crippen LogP contribution in [0, 0.1) is 0 Å². The average Bonchev–Trinajstić information content (AvgIpc) is 3.07. The van der Waals surface area contributed by atoms with Crippen LogP contribution in [0.4, 0.5) is 0 Å². The third kappa shape index (κ3) is 4.91. The van der Waals surface area contributed by atoms with Gasteiger partial charge in [-0.15, -0.1) is 11.3 Å². The Bertz CT molecular complexity index is 716. The molecule has 3 rings (SSSR count). The molecule has 1 unspecified atom stereocenters. The molecule has 1 atom stereocenters. The Hall–Kier alpha value is -1.22. The van der Waals surface area contributed by atoms with Gasteiger partial charge >= 0.3 is 0 Å². The standard InChI is InChI=1S/C17H24N4O2S2/c1-3-13-10-14-16(19-11-20-17(14)25-13)24-12(2)15(22)18-4-5-21-6-8-23-9-7-21/h10-12H,3-9H2,1-2H3,(H,18,22). The number of fused-ring (bicyclic) bond motifs is 1. The van der Waals surface area contributed by atoms with Crippen molar-refractivity contribution in [3.8, 4) is 0 Å². The van der Waals surface area contributed by atoms with E-state index in [1.54, 1.807) is 17.7 Å². The summed E-state index contributed by atoms with van der Waals surface area (Å²) < 4.78 is 5.33. The zero-order chi connectivity index (χ0) is 17.6. The average molecular weight is 381 g/mol. The van der Waals surface area contributed by atoms with Crippen LogP contribution in [0.5, 0.6) is 0 Å². The van der Waals surface area contributed by atoms with Crippen LogP contribution in [0.1, 0.15) is 18.7 Å². The number of nitrogens with zero attached hydrogens (tertiary/aromatic N) is 3. The summed E-state index contributed by atoms with van der Waals surface area (Å²) in [6.07, 6.45) is 2.58. The maximum Gasteiger partial charge on any atom is 0.233 e. The molecule has 2 aromatic rings. The van der Waals surface area contributed by atoms with Crippen molar-refractivity contribution < 1.29 is 9.53 Å². The number of carbonyl (C=O) groups excluding carboxylic acids is 1. The number of rotatable bonds is 7. The second kappa shape index (κ2) is 8.93. The van der Waals surface area contributed by atoms with Crippen LogP contribution < -0.4 is 5.32 Å². The number of hydrogen-bond donors (Lipinski definition) is 1. The Labute approximate surface area is 156 Å². The van der Waals surface area contributed by atoms with Crippen LogP contribution in [0.2, 0.25) is 0 Å². The molecule has 1 N–H and O–H groups in total. The molecule has 1 fully saturated rings. The number of aromatic nitrogens is 2. The third-order valence-corrected chi connectivity index (χ3v) is 6.48. The van der Waals surface area contributed by atoms with Gasteiger partial charge in [0.15, 0.2) is 0 Å². The van der Waals surface area contributed by atoms with Crippen molar-refractivity contribution in [1.29, 1.82) is 0 Å². The van der Waals surface area contributed by atoms with Crippen molar-refractivity contribution in [2.75, 3.05) is 39.4 Å². The summed E-state index contributed by atoms with van der Waals surface area (Å²) in [6.45, 7) is 9.05. The normalized spacial score (nSPS) is 16.9. The number of thiophene rings is 1. The molecule has 25 heavy (non-hydrogen) atoms. The molecule has 2 aromatic heterocycles. The smallest absolute Gasteiger partial charge is 0.233 e. The van der Waals surface area contributed by atoms with Crippen LogP contribution in [0.3, 0.4) is 0 Å². The van der Waals surface area contributed by atoms with Crippen molar-refractivity contribution in [3.63, 3.8) is 0 Å². The highest BCUT2D eigenvalue weighted by atomic mass is 32.2. The second-order valence-corrected chi connectivity index (χ2v) is 8.41. The number of aryl methyl sites for hydroxylation is 1. The van der Waals surface area contributed by atoms with Crippen molar-refractivity contribution in [1.82, 2.24) is 20.2 Å². The zero-order valence-corrected chi connectivity index (χ0v) is 16.3. The van der Waals surface area contributed by atoms with E-state index in [0.717, 1.165) is 54.5 Å². The first-order valence-electron chi connectivity index (χ1n) is 8.65. The zero-order valence-electron chi connectivity index (χ0n) is 14.7. The highest BCUT2D eigenvalue weighted by Crippen LogP contribution is 2.32. The topological polar surface area (TPSA) is 67.4 Å². The van der Waals surface area contributed by atoms with Gasteiger partial charge in [0.1, 0.15) is 16.2 Å². The molecule has 1 amide bonds. The first-order chi connectivity index (χ1) is 12.2. The summed E-state index contributed by atoms with van der Waals surface area (Å²) in [5, 5.41) is 4.79. The SMILES string of the molecule is CCc1cc2c(SC(C)C(=O)NCCN3CCOCC3)ncnc2s1. The van der Waals surface area contributed by atoms with E-state index in [1.807, 2.05) is 6.92 Å². The lowest BCUT2D eigenvalue weighted by atomic mass is 10.3. The Morgan fingerprint density at radius 1 is 1.44 bits per heavy atom. The van der Waals surface area contributed by atoms with Gasteiger partial charge in [0, 0.05) is 36.4 Å². The Morgan fingerprint density at radius 3 is 3.00 bits per heavy atom. The summed E-state index contributed by atoms with van der Waals surface area (Å²) in [7, 11) is 0. The van der Waals surface area contributed by atoms with Crippen LogP contribution >= 0.6 is 23.1 Å². The molecule has 136 valence electrons. The lowest BCUT2D eigenvalue weighted by Gasteiger charge is -2.26. The van der Waals surface area contributed by atoms with Gasteiger partial charge in [-0.1, -0.05) is 18.7 Å². The first-order valence-corrected chi connectivity index (χ1v) is 10.3. The highest BCUT2D eigenvalue weighted by molar-refractivity contribution is 8.00. The molecule has 1 aliphatic rings. The molecule has 6 nitrogen and oxygen atoms in total. The van der Waals surface area contributed by atoms with Crippen molar-refractivity contribution in [3.05, 3.63) is 17.3 Å². The lowest BCUT2D eigenvalue weighted by molar-refractivity contribution is -0.120. The fourth-order valence-electron chi connectivity index (χ4n) is 2.68. The minimum atomic E-state index is -0.187. The molecule has 0 radical (unpaired) electrons. The largest absolute Gasteiger partial charge is 0.379 e. The number of carbonyl (C=O) groups is 1. The van der Waals surface area contributed by atoms with E-state index in [0.29, 0.717) is 6.54 Å². The maximum absolute atomic E-state index is 12.4. The Kier molecular flexibility index (Phi) is 6.63. The van der Waals surface area contributed by atoms with E-state index >= 15 is 0 Å². The van der Waals surface area contributed by atoms with E-state index < -0.39 is 0 Å². The van der Waals surface area contributed by atoms with Crippen LogP contribution in [0.15, 0.2) is 17.4 Å². The summed E-state index contributed by atoms with van der Waals surface area (Å²) in [6, 6.07) is 2.14. The van der Waals surface area contributed by atoms with Gasteiger partial charge in [-0.05, 0) is 19.4 Å². The highest BCUT2D eigenvalue weighted by Gasteiger charge is 2.18. The predicted octanol–water partition coefficient (Wildman–Crippen LogP) is 2.18. The van der Waals surface area contributed by atoms with E-state index in [1.165, 1.54) is 16.6 Å².